The van der Waals surface area contributed by atoms with Crippen LogP contribution in [0, 0.1) is 5.82 Å². The number of carbonyl (C=O) groups excluding carboxylic acids is 2. The van der Waals surface area contributed by atoms with Crippen LogP contribution in [0.1, 0.15) is 37.3 Å². The van der Waals surface area contributed by atoms with Crippen molar-refractivity contribution in [1.82, 2.24) is 4.90 Å². The van der Waals surface area contributed by atoms with Gasteiger partial charge in [0.2, 0.25) is 5.91 Å². The van der Waals surface area contributed by atoms with Crippen LogP contribution >= 0.6 is 0 Å². The van der Waals surface area contributed by atoms with Gasteiger partial charge in [-0.15, -0.1) is 0 Å². The molecule has 1 fully saturated rings. The van der Waals surface area contributed by atoms with Gasteiger partial charge in [0.05, 0.1) is 19.8 Å². The highest BCUT2D eigenvalue weighted by molar-refractivity contribution is 5.85. The molecule has 148 valence electrons. The molecule has 28 heavy (non-hydrogen) atoms. The summed E-state index contributed by atoms with van der Waals surface area (Å²) in [6, 6.07) is 14.8. The lowest BCUT2D eigenvalue weighted by atomic mass is 10.0. The molecule has 2 atom stereocenters. The Morgan fingerprint density at radius 3 is 2.46 bits per heavy atom. The fraction of sp³-hybridized carbons (Fsp3) is 0.364. The number of hydrogen-bond acceptors (Lipinski definition) is 4. The van der Waals surface area contributed by atoms with Gasteiger partial charge in [-0.25, -0.2) is 9.18 Å². The highest BCUT2D eigenvalue weighted by Crippen LogP contribution is 2.37. The van der Waals surface area contributed by atoms with E-state index in [4.69, 9.17) is 9.47 Å². The van der Waals surface area contributed by atoms with Gasteiger partial charge in [-0.3, -0.25) is 4.79 Å². The number of hydrogen-bond donors (Lipinski definition) is 0. The summed E-state index contributed by atoms with van der Waals surface area (Å²) in [5.74, 6) is -0.235. The van der Waals surface area contributed by atoms with Crippen LogP contribution in [0.25, 0.3) is 0 Å². The van der Waals surface area contributed by atoms with Crippen LogP contribution in [-0.4, -0.2) is 36.5 Å². The number of rotatable bonds is 7. The summed E-state index contributed by atoms with van der Waals surface area (Å²) < 4.78 is 23.4. The Morgan fingerprint density at radius 1 is 1.07 bits per heavy atom. The fourth-order valence-electron chi connectivity index (χ4n) is 3.60. The lowest BCUT2D eigenvalue weighted by Crippen LogP contribution is -2.42. The van der Waals surface area contributed by atoms with Crippen molar-refractivity contribution in [3.63, 3.8) is 0 Å². The number of carbonyl (C=O) groups is 2. The minimum atomic E-state index is -0.555. The van der Waals surface area contributed by atoms with E-state index in [1.165, 1.54) is 19.2 Å². The van der Waals surface area contributed by atoms with E-state index in [0.29, 0.717) is 25.2 Å². The van der Waals surface area contributed by atoms with Gasteiger partial charge in [0, 0.05) is 6.42 Å². The molecule has 0 radical (unpaired) electrons. The minimum absolute atomic E-state index is 0.0931. The lowest BCUT2D eigenvalue weighted by molar-refractivity contribution is -0.152. The Hall–Kier alpha value is -2.89. The van der Waals surface area contributed by atoms with Crippen molar-refractivity contribution in [3.8, 4) is 5.75 Å². The van der Waals surface area contributed by atoms with Gasteiger partial charge in [-0.1, -0.05) is 30.3 Å². The molecule has 3 rings (SSSR count). The Morgan fingerprint density at radius 2 is 1.79 bits per heavy atom. The van der Waals surface area contributed by atoms with Crippen LogP contribution in [0.15, 0.2) is 54.6 Å². The zero-order chi connectivity index (χ0) is 19.9. The van der Waals surface area contributed by atoms with Crippen LogP contribution in [-0.2, 0) is 14.3 Å². The normalized spacial score (nSPS) is 18.7. The highest BCUT2D eigenvalue weighted by Gasteiger charge is 2.41. The van der Waals surface area contributed by atoms with E-state index in [9.17, 15) is 14.0 Å². The maximum absolute atomic E-state index is 12.9. The zero-order valence-electron chi connectivity index (χ0n) is 15.8. The number of benzene rings is 2. The van der Waals surface area contributed by atoms with E-state index in [0.717, 1.165) is 12.0 Å². The van der Waals surface area contributed by atoms with Gasteiger partial charge < -0.3 is 14.4 Å². The van der Waals surface area contributed by atoms with Gasteiger partial charge in [0.15, 0.2) is 0 Å². The summed E-state index contributed by atoms with van der Waals surface area (Å²) in [5, 5.41) is 0. The minimum Gasteiger partial charge on any atom is -0.494 e. The molecule has 6 heteroatoms. The zero-order valence-corrected chi connectivity index (χ0v) is 15.8. The van der Waals surface area contributed by atoms with Gasteiger partial charge in [0.25, 0.3) is 0 Å². The average Bonchev–Trinajstić information content (AvgIpc) is 3.17. The van der Waals surface area contributed by atoms with Gasteiger partial charge in [0.1, 0.15) is 17.6 Å². The number of ether oxygens (including phenoxy) is 2. The number of esters is 1. The summed E-state index contributed by atoms with van der Waals surface area (Å²) in [7, 11) is 1.34. The summed E-state index contributed by atoms with van der Waals surface area (Å²) >= 11 is 0. The van der Waals surface area contributed by atoms with Crippen molar-refractivity contribution in [3.05, 3.63) is 66.0 Å². The highest BCUT2D eigenvalue weighted by atomic mass is 19.1. The molecule has 1 aliphatic rings. The van der Waals surface area contributed by atoms with E-state index in [1.807, 2.05) is 30.3 Å². The Labute approximate surface area is 164 Å². The summed E-state index contributed by atoms with van der Waals surface area (Å²) in [6.45, 7) is 0.337. The predicted octanol–water partition coefficient (Wildman–Crippen LogP) is 3.89. The third-order valence-corrected chi connectivity index (χ3v) is 4.95. The molecule has 0 aromatic heterocycles. The average molecular weight is 385 g/mol. The van der Waals surface area contributed by atoms with Crippen LogP contribution in [0.4, 0.5) is 4.39 Å². The molecule has 0 spiro atoms. The topological polar surface area (TPSA) is 55.8 Å². The maximum Gasteiger partial charge on any atom is 0.328 e. The van der Waals surface area contributed by atoms with Crippen molar-refractivity contribution in [2.75, 3.05) is 13.7 Å². The molecule has 0 N–H and O–H groups in total. The number of halogens is 1. The largest absolute Gasteiger partial charge is 0.494 e. The molecule has 1 aliphatic heterocycles. The second kappa shape index (κ2) is 9.35. The van der Waals surface area contributed by atoms with E-state index < -0.39 is 6.04 Å². The number of nitrogens with zero attached hydrogens (tertiary/aromatic N) is 1. The van der Waals surface area contributed by atoms with Crippen molar-refractivity contribution >= 4 is 11.9 Å². The van der Waals surface area contributed by atoms with E-state index in [-0.39, 0.29) is 30.2 Å². The molecule has 5 nitrogen and oxygen atoms in total. The molecule has 1 amide bonds. The van der Waals surface area contributed by atoms with Crippen LogP contribution in [0.2, 0.25) is 0 Å². The Balaban J connectivity index is 1.61. The third-order valence-electron chi connectivity index (χ3n) is 4.95. The molecular weight excluding hydrogens is 361 g/mol. The third kappa shape index (κ3) is 4.68. The first-order valence-corrected chi connectivity index (χ1v) is 9.42. The Kier molecular flexibility index (Phi) is 6.63. The van der Waals surface area contributed by atoms with E-state index in [1.54, 1.807) is 17.0 Å². The van der Waals surface area contributed by atoms with Crippen LogP contribution < -0.4 is 4.74 Å². The number of amides is 1. The Bertz CT molecular complexity index is 794. The molecule has 0 saturated carbocycles. The molecular formula is C22H24FNO4. The van der Waals surface area contributed by atoms with Crippen LogP contribution in [0.3, 0.4) is 0 Å². The second-order valence-corrected chi connectivity index (χ2v) is 6.75. The van der Waals surface area contributed by atoms with Crippen molar-refractivity contribution in [2.24, 2.45) is 0 Å². The smallest absolute Gasteiger partial charge is 0.328 e. The SMILES string of the molecule is COC(=O)[C@@H]1CC[C@@H](c2ccccc2)N1C(=O)CCCOc1ccc(F)cc1. The maximum atomic E-state index is 12.9. The molecule has 0 aliphatic carbocycles. The molecule has 1 heterocycles. The van der Waals surface area contributed by atoms with Gasteiger partial charge in [-0.05, 0) is 49.1 Å². The quantitative estimate of drug-likeness (QED) is 0.536. The fourth-order valence-corrected chi connectivity index (χ4v) is 3.60. The molecule has 0 bridgehead atoms. The number of methoxy groups -OCH3 is 1. The standard InChI is InChI=1S/C22H24FNO4/c1-27-22(26)20-14-13-19(16-6-3-2-4-7-16)24(20)21(25)8-5-15-28-18-11-9-17(23)10-12-18/h2-4,6-7,9-12,19-20H,5,8,13-15H2,1H3/t19-,20-/m0/s1. The lowest BCUT2D eigenvalue weighted by Gasteiger charge is -2.29. The number of likely N-dealkylation sites (tertiary alicyclic amines) is 1. The first kappa shape index (κ1) is 19.9. The van der Waals surface area contributed by atoms with Crippen molar-refractivity contribution < 1.29 is 23.5 Å². The molecule has 1 saturated heterocycles. The first-order chi connectivity index (χ1) is 13.6. The van der Waals surface area contributed by atoms with Gasteiger partial charge in [-0.2, -0.15) is 0 Å². The summed E-state index contributed by atoms with van der Waals surface area (Å²) in [4.78, 5) is 26.8. The summed E-state index contributed by atoms with van der Waals surface area (Å²) in [5.41, 5.74) is 1.02. The van der Waals surface area contributed by atoms with Crippen molar-refractivity contribution in [1.29, 1.82) is 0 Å². The predicted molar refractivity (Wildman–Crippen MR) is 102 cm³/mol. The monoisotopic (exact) mass is 385 g/mol. The molecule has 2 aromatic carbocycles. The van der Waals surface area contributed by atoms with Crippen molar-refractivity contribution in [2.45, 2.75) is 37.8 Å². The summed E-state index contributed by atoms with van der Waals surface area (Å²) in [6.07, 6.45) is 2.08. The van der Waals surface area contributed by atoms with E-state index >= 15 is 0 Å². The molecule has 0 unspecified atom stereocenters. The second-order valence-electron chi connectivity index (χ2n) is 6.75. The van der Waals surface area contributed by atoms with Gasteiger partial charge >= 0.3 is 5.97 Å². The molecule has 2 aromatic rings. The van der Waals surface area contributed by atoms with Crippen LogP contribution in [0.5, 0.6) is 5.75 Å². The first-order valence-electron chi connectivity index (χ1n) is 9.42. The van der Waals surface area contributed by atoms with E-state index in [2.05, 4.69) is 0 Å².